The maximum Gasteiger partial charge on any atom is 0.419 e. The Bertz CT molecular complexity index is 1120. The van der Waals surface area contributed by atoms with E-state index in [0.29, 0.717) is 16.4 Å². The minimum atomic E-state index is -5.11. The molecule has 154 valence electrons. The van der Waals surface area contributed by atoms with Crippen LogP contribution in [-0.2, 0) is 16.2 Å². The number of amides is 1. The third-order valence-electron chi connectivity index (χ3n) is 4.19. The van der Waals surface area contributed by atoms with Gasteiger partial charge in [0.2, 0.25) is 0 Å². The zero-order valence-electron chi connectivity index (χ0n) is 14.3. The summed E-state index contributed by atoms with van der Waals surface area (Å²) in [5, 5.41) is 10.8. The Morgan fingerprint density at radius 2 is 1.83 bits per heavy atom. The van der Waals surface area contributed by atoms with Crippen molar-refractivity contribution in [2.24, 2.45) is 0 Å². The molecule has 3 rings (SSSR count). The maximum atomic E-state index is 13.5. The molecule has 7 nitrogen and oxygen atoms in total. The van der Waals surface area contributed by atoms with Crippen molar-refractivity contribution in [3.05, 3.63) is 53.3 Å². The first-order valence-electron chi connectivity index (χ1n) is 7.98. The molecule has 1 aliphatic rings. The molecule has 12 heteroatoms. The van der Waals surface area contributed by atoms with Crippen molar-refractivity contribution >= 4 is 33.3 Å². The second-order valence-corrected chi connectivity index (χ2v) is 7.91. The minimum Gasteiger partial charge on any atom is -0.465 e. The molecule has 0 bridgehead atoms. The highest BCUT2D eigenvalue weighted by Crippen LogP contribution is 2.37. The summed E-state index contributed by atoms with van der Waals surface area (Å²) >= 11 is 0. The SMILES string of the molecule is O=C(O)Nc1ccc2c(c1)N(S(=O)(=O)c1ccc(F)c(C(F)(F)F)c1)CCC2=O. The van der Waals surface area contributed by atoms with Crippen LogP contribution in [0.4, 0.5) is 33.7 Å². The van der Waals surface area contributed by atoms with E-state index >= 15 is 0 Å². The Balaban J connectivity index is 2.13. The smallest absolute Gasteiger partial charge is 0.419 e. The monoisotopic (exact) mass is 432 g/mol. The van der Waals surface area contributed by atoms with Gasteiger partial charge >= 0.3 is 12.3 Å². The predicted octanol–water partition coefficient (Wildman–Crippen LogP) is 3.72. The van der Waals surface area contributed by atoms with E-state index in [1.165, 1.54) is 12.1 Å². The Hall–Kier alpha value is -3.15. The first kappa shape index (κ1) is 20.6. The molecule has 0 saturated carbocycles. The summed E-state index contributed by atoms with van der Waals surface area (Å²) in [5.74, 6) is -2.04. The lowest BCUT2D eigenvalue weighted by atomic mass is 10.0. The Kier molecular flexibility index (Phi) is 4.99. The van der Waals surface area contributed by atoms with E-state index in [9.17, 15) is 35.6 Å². The summed E-state index contributed by atoms with van der Waals surface area (Å²) in [6, 6.07) is 4.83. The molecule has 0 atom stereocenters. The van der Waals surface area contributed by atoms with E-state index in [1.54, 1.807) is 0 Å². The zero-order chi connectivity index (χ0) is 21.6. The summed E-state index contributed by atoms with van der Waals surface area (Å²) in [6.07, 6.45) is -6.77. The molecule has 1 aliphatic heterocycles. The molecule has 29 heavy (non-hydrogen) atoms. The molecule has 2 N–H and O–H groups in total. The van der Waals surface area contributed by atoms with Crippen LogP contribution in [0.25, 0.3) is 0 Å². The highest BCUT2D eigenvalue weighted by atomic mass is 32.2. The lowest BCUT2D eigenvalue weighted by molar-refractivity contribution is -0.140. The number of carbonyl (C=O) groups is 2. The number of carboxylic acid groups (broad SMARTS) is 1. The molecule has 1 heterocycles. The minimum absolute atomic E-state index is 0.0334. The molecule has 0 radical (unpaired) electrons. The standard InChI is InChI=1S/C17H12F4N2O5S/c18-13-4-2-10(8-12(13)17(19,20)21)29(27,28)23-6-5-15(24)11-3-1-9(7-14(11)23)22-16(25)26/h1-4,7-8,22H,5-6H2,(H,25,26). The number of alkyl halides is 3. The Morgan fingerprint density at radius 3 is 2.45 bits per heavy atom. The molecule has 2 aromatic rings. The number of nitrogens with zero attached hydrogens (tertiary/aromatic N) is 1. The predicted molar refractivity (Wildman–Crippen MR) is 93.0 cm³/mol. The molecule has 0 saturated heterocycles. The van der Waals surface area contributed by atoms with E-state index < -0.39 is 44.4 Å². The Morgan fingerprint density at radius 1 is 1.14 bits per heavy atom. The number of fused-ring (bicyclic) bond motifs is 1. The molecular formula is C17H12F4N2O5S. The third kappa shape index (κ3) is 3.88. The number of ketones is 1. The van der Waals surface area contributed by atoms with Crippen molar-refractivity contribution in [3.8, 4) is 0 Å². The quantitative estimate of drug-likeness (QED) is 0.720. The number of hydrogen-bond acceptors (Lipinski definition) is 4. The van der Waals surface area contributed by atoms with Gasteiger partial charge in [-0.15, -0.1) is 0 Å². The van der Waals surface area contributed by atoms with Gasteiger partial charge in [-0.2, -0.15) is 13.2 Å². The molecular weight excluding hydrogens is 420 g/mol. The van der Waals surface area contributed by atoms with Gasteiger partial charge in [0.1, 0.15) is 5.82 Å². The van der Waals surface area contributed by atoms with Crippen molar-refractivity contribution in [2.75, 3.05) is 16.2 Å². The maximum absolute atomic E-state index is 13.5. The lowest BCUT2D eigenvalue weighted by Crippen LogP contribution is -2.37. The zero-order valence-corrected chi connectivity index (χ0v) is 15.1. The number of carbonyl (C=O) groups excluding carboxylic acids is 1. The van der Waals surface area contributed by atoms with Crippen LogP contribution in [0, 0.1) is 5.82 Å². The third-order valence-corrected chi connectivity index (χ3v) is 6.00. The highest BCUT2D eigenvalue weighted by molar-refractivity contribution is 7.92. The second-order valence-electron chi connectivity index (χ2n) is 6.05. The van der Waals surface area contributed by atoms with Crippen molar-refractivity contribution < 1.29 is 40.7 Å². The summed E-state index contributed by atoms with van der Waals surface area (Å²) in [4.78, 5) is 22.1. The van der Waals surface area contributed by atoms with Crippen LogP contribution in [0.5, 0.6) is 0 Å². The second kappa shape index (κ2) is 7.03. The summed E-state index contributed by atoms with van der Waals surface area (Å²) < 4.78 is 79.1. The van der Waals surface area contributed by atoms with E-state index in [-0.39, 0.29) is 36.0 Å². The molecule has 0 unspecified atom stereocenters. The first-order chi connectivity index (χ1) is 13.4. The van der Waals surface area contributed by atoms with Crippen LogP contribution in [-0.4, -0.2) is 31.9 Å². The average Bonchev–Trinajstić information content (AvgIpc) is 2.60. The van der Waals surface area contributed by atoms with Crippen molar-refractivity contribution in [1.29, 1.82) is 0 Å². The molecule has 0 aliphatic carbocycles. The van der Waals surface area contributed by atoms with Crippen LogP contribution in [0.3, 0.4) is 0 Å². The van der Waals surface area contributed by atoms with Crippen LogP contribution in [0.15, 0.2) is 41.3 Å². The van der Waals surface area contributed by atoms with Gasteiger partial charge in [-0.3, -0.25) is 14.4 Å². The summed E-state index contributed by atoms with van der Waals surface area (Å²) in [5.41, 5.74) is -2.01. The highest BCUT2D eigenvalue weighted by Gasteiger charge is 2.38. The summed E-state index contributed by atoms with van der Waals surface area (Å²) in [6.45, 7) is -0.372. The van der Waals surface area contributed by atoms with E-state index in [1.807, 2.05) is 5.32 Å². The van der Waals surface area contributed by atoms with Crippen LogP contribution in [0.2, 0.25) is 0 Å². The van der Waals surface area contributed by atoms with Gasteiger partial charge < -0.3 is 5.11 Å². The van der Waals surface area contributed by atoms with Gasteiger partial charge in [-0.25, -0.2) is 17.6 Å². The van der Waals surface area contributed by atoms with Gasteiger partial charge in [0.15, 0.2) is 5.78 Å². The fraction of sp³-hybridized carbons (Fsp3) is 0.176. The fourth-order valence-electron chi connectivity index (χ4n) is 2.89. The van der Waals surface area contributed by atoms with Crippen LogP contribution < -0.4 is 9.62 Å². The molecule has 0 fully saturated rings. The number of hydrogen-bond donors (Lipinski definition) is 2. The van der Waals surface area contributed by atoms with Gasteiger partial charge in [-0.05, 0) is 36.4 Å². The largest absolute Gasteiger partial charge is 0.465 e. The fourth-order valence-corrected chi connectivity index (χ4v) is 4.40. The van der Waals surface area contributed by atoms with Gasteiger partial charge in [0.05, 0.1) is 16.1 Å². The van der Waals surface area contributed by atoms with E-state index in [0.717, 1.165) is 6.07 Å². The summed E-state index contributed by atoms with van der Waals surface area (Å²) in [7, 11) is -4.60. The molecule has 1 amide bonds. The van der Waals surface area contributed by atoms with Crippen LogP contribution >= 0.6 is 0 Å². The number of sulfonamides is 1. The average molecular weight is 432 g/mol. The van der Waals surface area contributed by atoms with Crippen molar-refractivity contribution in [3.63, 3.8) is 0 Å². The number of anilines is 2. The normalized spacial score (nSPS) is 14.5. The van der Waals surface area contributed by atoms with Crippen molar-refractivity contribution in [1.82, 2.24) is 0 Å². The first-order valence-corrected chi connectivity index (χ1v) is 9.42. The topological polar surface area (TPSA) is 104 Å². The molecule has 0 aromatic heterocycles. The van der Waals surface area contributed by atoms with Gasteiger partial charge in [0.25, 0.3) is 10.0 Å². The van der Waals surface area contributed by atoms with Gasteiger partial charge in [-0.1, -0.05) is 0 Å². The molecule has 2 aromatic carbocycles. The number of nitrogens with one attached hydrogen (secondary N) is 1. The number of rotatable bonds is 3. The van der Waals surface area contributed by atoms with Crippen LogP contribution in [0.1, 0.15) is 22.3 Å². The van der Waals surface area contributed by atoms with E-state index in [4.69, 9.17) is 5.11 Å². The molecule has 0 spiro atoms. The number of benzene rings is 2. The van der Waals surface area contributed by atoms with Gasteiger partial charge in [0, 0.05) is 24.2 Å². The Labute approximate surface area is 161 Å². The number of Topliss-reactive ketones (excluding diaryl/α,β-unsaturated/α-hetero) is 1. The van der Waals surface area contributed by atoms with E-state index in [2.05, 4.69) is 0 Å². The van der Waals surface area contributed by atoms with Crippen molar-refractivity contribution in [2.45, 2.75) is 17.5 Å². The lowest BCUT2D eigenvalue weighted by Gasteiger charge is -2.30. The number of halogens is 4.